The molecular weight excluding hydrogens is 350 g/mol. The summed E-state index contributed by atoms with van der Waals surface area (Å²) >= 11 is 0. The summed E-state index contributed by atoms with van der Waals surface area (Å²) in [6.07, 6.45) is 11.8. The molecule has 1 aliphatic carbocycles. The number of piperidine rings is 1. The maximum atomic E-state index is 12.4. The minimum atomic E-state index is -0.115. The molecule has 1 heterocycles. The van der Waals surface area contributed by atoms with Gasteiger partial charge in [-0.2, -0.15) is 0 Å². The number of nitrogens with zero attached hydrogens (tertiary/aromatic N) is 2. The summed E-state index contributed by atoms with van der Waals surface area (Å²) in [5.74, 6) is -0.220. The van der Waals surface area contributed by atoms with Crippen LogP contribution in [0.25, 0.3) is 0 Å². The third-order valence-corrected chi connectivity index (χ3v) is 5.72. The number of hydrogen-bond acceptors (Lipinski definition) is 3. The lowest BCUT2D eigenvalue weighted by Gasteiger charge is -2.29. The summed E-state index contributed by atoms with van der Waals surface area (Å²) in [4.78, 5) is 28.4. The van der Waals surface area contributed by atoms with Gasteiger partial charge >= 0.3 is 0 Å². The SMILES string of the molecule is CC(=O)N(CC(=O)NCCC1=CCCCC1)c1ccc(N2CCCCC2)cc1. The number of nitrogens with one attached hydrogen (secondary N) is 1. The van der Waals surface area contributed by atoms with Crippen molar-refractivity contribution in [2.24, 2.45) is 0 Å². The molecule has 0 aromatic heterocycles. The zero-order valence-corrected chi connectivity index (χ0v) is 17.1. The first-order valence-electron chi connectivity index (χ1n) is 10.7. The second-order valence-corrected chi connectivity index (χ2v) is 7.88. The van der Waals surface area contributed by atoms with E-state index in [1.54, 1.807) is 4.90 Å². The fourth-order valence-corrected chi connectivity index (χ4v) is 4.07. The Morgan fingerprint density at radius 3 is 2.43 bits per heavy atom. The highest BCUT2D eigenvalue weighted by Gasteiger charge is 2.17. The Morgan fingerprint density at radius 2 is 1.79 bits per heavy atom. The first-order valence-corrected chi connectivity index (χ1v) is 10.7. The summed E-state index contributed by atoms with van der Waals surface area (Å²) in [6, 6.07) is 8.02. The van der Waals surface area contributed by atoms with E-state index in [1.807, 2.05) is 12.1 Å². The zero-order valence-electron chi connectivity index (χ0n) is 17.1. The van der Waals surface area contributed by atoms with Crippen molar-refractivity contribution in [2.45, 2.75) is 58.3 Å². The molecule has 2 aliphatic rings. The highest BCUT2D eigenvalue weighted by atomic mass is 16.2. The van der Waals surface area contributed by atoms with Crippen LogP contribution in [0.3, 0.4) is 0 Å². The fourth-order valence-electron chi connectivity index (χ4n) is 4.07. The Labute approximate surface area is 168 Å². The van der Waals surface area contributed by atoms with Gasteiger partial charge in [-0.3, -0.25) is 9.59 Å². The van der Waals surface area contributed by atoms with E-state index in [0.717, 1.165) is 38.0 Å². The average Bonchev–Trinajstić information content (AvgIpc) is 2.73. The highest BCUT2D eigenvalue weighted by Crippen LogP contribution is 2.24. The molecule has 0 saturated carbocycles. The fraction of sp³-hybridized carbons (Fsp3) is 0.565. The van der Waals surface area contributed by atoms with Crippen molar-refractivity contribution in [1.29, 1.82) is 0 Å². The number of anilines is 2. The van der Waals surface area contributed by atoms with Gasteiger partial charge in [0.2, 0.25) is 11.8 Å². The molecule has 0 bridgehead atoms. The van der Waals surface area contributed by atoms with Crippen LogP contribution in [0.2, 0.25) is 0 Å². The third-order valence-electron chi connectivity index (χ3n) is 5.72. The molecule has 1 aromatic carbocycles. The molecule has 5 heteroatoms. The molecule has 1 aromatic rings. The van der Waals surface area contributed by atoms with Gasteiger partial charge in [0.15, 0.2) is 0 Å². The van der Waals surface area contributed by atoms with Gasteiger partial charge in [-0.1, -0.05) is 11.6 Å². The molecule has 5 nitrogen and oxygen atoms in total. The zero-order chi connectivity index (χ0) is 19.8. The van der Waals surface area contributed by atoms with Crippen molar-refractivity contribution >= 4 is 23.2 Å². The van der Waals surface area contributed by atoms with Crippen LogP contribution in [0, 0.1) is 0 Å². The van der Waals surface area contributed by atoms with Gasteiger partial charge in [-0.25, -0.2) is 0 Å². The van der Waals surface area contributed by atoms with Gasteiger partial charge in [0, 0.05) is 37.9 Å². The van der Waals surface area contributed by atoms with Crippen molar-refractivity contribution in [2.75, 3.05) is 36.0 Å². The Morgan fingerprint density at radius 1 is 1.04 bits per heavy atom. The number of carbonyl (C=O) groups is 2. The van der Waals surface area contributed by atoms with Crippen LogP contribution in [0.1, 0.15) is 58.3 Å². The minimum absolute atomic E-state index is 0.0669. The van der Waals surface area contributed by atoms with Gasteiger partial charge in [0.25, 0.3) is 0 Å². The molecule has 3 rings (SSSR count). The van der Waals surface area contributed by atoms with E-state index in [0.29, 0.717) is 6.54 Å². The normalized spacial score (nSPS) is 17.0. The van der Waals surface area contributed by atoms with E-state index >= 15 is 0 Å². The van der Waals surface area contributed by atoms with E-state index in [2.05, 4.69) is 28.4 Å². The van der Waals surface area contributed by atoms with Crippen LogP contribution in [-0.2, 0) is 9.59 Å². The standard InChI is InChI=1S/C23H33N3O2/c1-19(27)26(18-23(28)24-15-14-20-8-4-2-5-9-20)22-12-10-21(11-13-22)25-16-6-3-7-17-25/h8,10-13H,2-7,9,14-18H2,1H3,(H,24,28). The summed E-state index contributed by atoms with van der Waals surface area (Å²) < 4.78 is 0. The van der Waals surface area contributed by atoms with E-state index in [9.17, 15) is 9.59 Å². The predicted molar refractivity (Wildman–Crippen MR) is 115 cm³/mol. The molecule has 28 heavy (non-hydrogen) atoms. The molecule has 0 radical (unpaired) electrons. The highest BCUT2D eigenvalue weighted by molar-refractivity contribution is 5.97. The van der Waals surface area contributed by atoms with Crippen LogP contribution in [0.15, 0.2) is 35.9 Å². The quantitative estimate of drug-likeness (QED) is 0.723. The third kappa shape index (κ3) is 5.85. The lowest BCUT2D eigenvalue weighted by atomic mass is 9.97. The smallest absolute Gasteiger partial charge is 0.240 e. The second kappa shape index (κ2) is 10.3. The van der Waals surface area contributed by atoms with Crippen LogP contribution < -0.4 is 15.1 Å². The van der Waals surface area contributed by atoms with Gasteiger partial charge in [0.1, 0.15) is 6.54 Å². The predicted octanol–water partition coefficient (Wildman–Crippen LogP) is 4.04. The largest absolute Gasteiger partial charge is 0.372 e. The molecule has 0 atom stereocenters. The molecule has 1 fully saturated rings. The average molecular weight is 384 g/mol. The van der Waals surface area contributed by atoms with Gasteiger partial charge in [-0.05, 0) is 75.6 Å². The number of hydrogen-bond donors (Lipinski definition) is 1. The van der Waals surface area contributed by atoms with Crippen LogP contribution >= 0.6 is 0 Å². The lowest BCUT2D eigenvalue weighted by Crippen LogP contribution is -2.40. The van der Waals surface area contributed by atoms with Crippen molar-refractivity contribution in [3.8, 4) is 0 Å². The lowest BCUT2D eigenvalue weighted by molar-refractivity contribution is -0.123. The Balaban J connectivity index is 1.52. The van der Waals surface area contributed by atoms with Crippen molar-refractivity contribution in [1.82, 2.24) is 5.32 Å². The number of amides is 2. The number of allylic oxidation sites excluding steroid dienone is 1. The Hall–Kier alpha value is -2.30. The summed E-state index contributed by atoms with van der Waals surface area (Å²) in [5.41, 5.74) is 3.42. The van der Waals surface area contributed by atoms with Crippen molar-refractivity contribution in [3.63, 3.8) is 0 Å². The summed E-state index contributed by atoms with van der Waals surface area (Å²) in [5, 5.41) is 2.97. The molecule has 152 valence electrons. The van der Waals surface area contributed by atoms with Crippen molar-refractivity contribution in [3.05, 3.63) is 35.9 Å². The first kappa shape index (κ1) is 20.4. The maximum Gasteiger partial charge on any atom is 0.240 e. The topological polar surface area (TPSA) is 52.7 Å². The van der Waals surface area contributed by atoms with Gasteiger partial charge < -0.3 is 15.1 Å². The monoisotopic (exact) mass is 383 g/mol. The summed E-state index contributed by atoms with van der Waals surface area (Å²) in [6.45, 7) is 4.41. The molecule has 0 unspecified atom stereocenters. The van der Waals surface area contributed by atoms with Crippen LogP contribution in [0.4, 0.5) is 11.4 Å². The first-order chi connectivity index (χ1) is 13.6. The second-order valence-electron chi connectivity index (χ2n) is 7.88. The van der Waals surface area contributed by atoms with Crippen molar-refractivity contribution < 1.29 is 9.59 Å². The van der Waals surface area contributed by atoms with Crippen LogP contribution in [0.5, 0.6) is 0 Å². The van der Waals surface area contributed by atoms with Gasteiger partial charge in [0.05, 0.1) is 0 Å². The van der Waals surface area contributed by atoms with E-state index in [-0.39, 0.29) is 18.4 Å². The molecular formula is C23H33N3O2. The maximum absolute atomic E-state index is 12.4. The van der Waals surface area contributed by atoms with Gasteiger partial charge in [-0.15, -0.1) is 0 Å². The number of rotatable bonds is 7. The molecule has 0 spiro atoms. The van der Waals surface area contributed by atoms with E-state index in [1.165, 1.54) is 50.3 Å². The van der Waals surface area contributed by atoms with Crippen LogP contribution in [-0.4, -0.2) is 38.0 Å². The van der Waals surface area contributed by atoms with E-state index < -0.39 is 0 Å². The molecule has 1 N–H and O–H groups in total. The summed E-state index contributed by atoms with van der Waals surface area (Å²) in [7, 11) is 0. The number of benzene rings is 1. The van der Waals surface area contributed by atoms with E-state index in [4.69, 9.17) is 0 Å². The molecule has 2 amide bonds. The number of carbonyl (C=O) groups excluding carboxylic acids is 2. The Bertz CT molecular complexity index is 690. The minimum Gasteiger partial charge on any atom is -0.372 e. The molecule has 1 saturated heterocycles. The molecule has 1 aliphatic heterocycles. The Kier molecular flexibility index (Phi) is 7.52.